The maximum Gasteiger partial charge on any atom is 0.564 e. The van der Waals surface area contributed by atoms with Crippen molar-refractivity contribution >= 4 is 42.6 Å². The van der Waals surface area contributed by atoms with Crippen molar-refractivity contribution in [3.63, 3.8) is 0 Å². The van der Waals surface area contributed by atoms with Gasteiger partial charge in [-0.25, -0.2) is 0 Å². The number of hydrogen-bond donors (Lipinski definition) is 1. The van der Waals surface area contributed by atoms with Gasteiger partial charge in [-0.2, -0.15) is 5.90 Å². The Labute approximate surface area is 82.5 Å². The van der Waals surface area contributed by atoms with Gasteiger partial charge in [0.15, 0.2) is 0 Å². The number of hydrogen-bond acceptors (Lipinski definition) is 4. The predicted molar refractivity (Wildman–Crippen MR) is 46.5 cm³/mol. The number of rotatable bonds is 5. The van der Waals surface area contributed by atoms with E-state index in [1.807, 2.05) is 0 Å². The lowest BCUT2D eigenvalue weighted by Gasteiger charge is -2.00. The first-order valence-electron chi connectivity index (χ1n) is 2.49. The van der Waals surface area contributed by atoms with Crippen molar-refractivity contribution in [2.75, 3.05) is 11.9 Å². The van der Waals surface area contributed by atoms with Crippen molar-refractivity contribution < 1.29 is 17.2 Å². The van der Waals surface area contributed by atoms with E-state index in [0.717, 1.165) is 0 Å². The molecule has 0 saturated heterocycles. The van der Waals surface area contributed by atoms with E-state index in [1.165, 1.54) is 0 Å². The molecular formula is C3H7Br2NO4S+. The molecule has 0 rings (SSSR count). The van der Waals surface area contributed by atoms with Crippen LogP contribution < -0.4 is 5.90 Å². The summed E-state index contributed by atoms with van der Waals surface area (Å²) in [5, 5.41) is 0.576. The van der Waals surface area contributed by atoms with Gasteiger partial charge in [-0.15, -0.1) is 4.18 Å². The first-order chi connectivity index (χ1) is 5.02. The molecule has 0 spiro atoms. The molecule has 11 heavy (non-hydrogen) atoms. The molecule has 0 fully saturated rings. The van der Waals surface area contributed by atoms with Crippen LogP contribution in [0.3, 0.4) is 0 Å². The Morgan fingerprint density at radius 2 is 2.18 bits per heavy atom. The molecule has 8 heteroatoms. The molecule has 0 aromatic rings. The minimum Gasteiger partial charge on any atom is -0.158 e. The lowest BCUT2D eigenvalue weighted by molar-refractivity contribution is 0.157. The van der Waals surface area contributed by atoms with E-state index in [-0.39, 0.29) is 11.4 Å². The zero-order valence-electron chi connectivity index (χ0n) is 5.37. The lowest BCUT2D eigenvalue weighted by Crippen LogP contribution is -2.23. The molecule has 0 aromatic heterocycles. The zero-order valence-corrected chi connectivity index (χ0v) is 9.35. The van der Waals surface area contributed by atoms with Crippen LogP contribution in [0.1, 0.15) is 0 Å². The number of halogens is 2. The highest BCUT2D eigenvalue weighted by atomic mass is 79.9. The largest absolute Gasteiger partial charge is 0.564 e. The van der Waals surface area contributed by atoms with E-state index in [2.05, 4.69) is 46.2 Å². The van der Waals surface area contributed by atoms with E-state index in [1.54, 1.807) is 0 Å². The fourth-order valence-electron chi connectivity index (χ4n) is 0.229. The minimum absolute atomic E-state index is 0.0230. The molecule has 0 aliphatic rings. The third-order valence-electron chi connectivity index (χ3n) is 0.679. The van der Waals surface area contributed by atoms with Gasteiger partial charge in [-0.3, -0.25) is 0 Å². The monoisotopic (exact) mass is 311 g/mol. The Kier molecular flexibility index (Phi) is 6.05. The maximum atomic E-state index is 10.4. The summed E-state index contributed by atoms with van der Waals surface area (Å²) >= 11 is 6.24. The van der Waals surface area contributed by atoms with Gasteiger partial charge >= 0.3 is 10.8 Å². The van der Waals surface area contributed by atoms with Gasteiger partial charge < -0.3 is 0 Å². The van der Waals surface area contributed by atoms with Crippen LogP contribution in [0.15, 0.2) is 0 Å². The van der Waals surface area contributed by atoms with Gasteiger partial charge in [0, 0.05) is 9.54 Å². The Morgan fingerprint density at radius 3 is 2.55 bits per heavy atom. The molecule has 2 atom stereocenters. The van der Waals surface area contributed by atoms with Gasteiger partial charge in [0.25, 0.3) is 0 Å². The third kappa shape index (κ3) is 6.14. The quantitative estimate of drug-likeness (QED) is 0.461. The van der Waals surface area contributed by atoms with Gasteiger partial charge in [-0.1, -0.05) is 31.9 Å². The normalized spacial score (nSPS) is 19.3. The van der Waals surface area contributed by atoms with E-state index in [4.69, 9.17) is 0 Å². The van der Waals surface area contributed by atoms with Crippen molar-refractivity contribution in [3.8, 4) is 0 Å². The fraction of sp³-hybridized carbons (Fsp3) is 1.00. The second kappa shape index (κ2) is 5.57. The average molecular weight is 313 g/mol. The van der Waals surface area contributed by atoms with Crippen molar-refractivity contribution in [1.29, 1.82) is 0 Å². The molecule has 67 valence electrons. The predicted octanol–water partition coefficient (Wildman–Crippen LogP) is 0.727. The molecule has 0 saturated carbocycles. The standard InChI is InChI=1S/C3H7Br2NO4S/c4-1-3(5)2-9-11(7,8)10-6/h3H,1-2,6H2/q+1. The Morgan fingerprint density at radius 1 is 1.64 bits per heavy atom. The summed E-state index contributed by atoms with van der Waals surface area (Å²) < 4.78 is 28.7. The highest BCUT2D eigenvalue weighted by Gasteiger charge is 2.33. The zero-order chi connectivity index (χ0) is 8.91. The third-order valence-corrected chi connectivity index (χ3v) is 3.58. The number of alkyl halides is 2. The highest BCUT2D eigenvalue weighted by molar-refractivity contribution is 9.12. The summed E-state index contributed by atoms with van der Waals surface area (Å²) in [5.41, 5.74) is 0. The molecule has 0 amide bonds. The van der Waals surface area contributed by atoms with E-state index in [9.17, 15) is 8.76 Å². The summed E-state index contributed by atoms with van der Waals surface area (Å²) in [6.45, 7) is -0.0230. The SMILES string of the molecule is NO[S+]([O])(=O)OCC(Br)CBr. The molecule has 1 radical (unpaired) electrons. The molecule has 2 unspecified atom stereocenters. The van der Waals surface area contributed by atoms with Crippen molar-refractivity contribution in [1.82, 2.24) is 0 Å². The molecule has 0 aliphatic heterocycles. The maximum absolute atomic E-state index is 10.4. The smallest absolute Gasteiger partial charge is 0.158 e. The summed E-state index contributed by atoms with van der Waals surface area (Å²) in [5.74, 6) is 4.39. The molecule has 0 aliphatic carbocycles. The van der Waals surface area contributed by atoms with Crippen molar-refractivity contribution in [2.24, 2.45) is 5.90 Å². The lowest BCUT2D eigenvalue weighted by atomic mass is 10.5. The Bertz CT molecular complexity index is 156. The van der Waals surface area contributed by atoms with Crippen LogP contribution in [-0.2, 0) is 28.0 Å². The summed E-state index contributed by atoms with van der Waals surface area (Å²) in [6, 6.07) is 0. The van der Waals surface area contributed by atoms with Crippen LogP contribution in [0.4, 0.5) is 0 Å². The van der Waals surface area contributed by atoms with E-state index >= 15 is 0 Å². The summed E-state index contributed by atoms with van der Waals surface area (Å²) in [6.07, 6.45) is 0. The van der Waals surface area contributed by atoms with E-state index in [0.29, 0.717) is 5.33 Å². The van der Waals surface area contributed by atoms with Crippen LogP contribution >= 0.6 is 31.9 Å². The van der Waals surface area contributed by atoms with Gasteiger partial charge in [-0.05, 0) is 4.28 Å². The second-order valence-electron chi connectivity index (χ2n) is 1.54. The van der Waals surface area contributed by atoms with Crippen LogP contribution in [0.5, 0.6) is 0 Å². The van der Waals surface area contributed by atoms with Crippen LogP contribution in [0, 0.1) is 0 Å². The molecule has 0 bridgehead atoms. The highest BCUT2D eigenvalue weighted by Crippen LogP contribution is 2.09. The van der Waals surface area contributed by atoms with Crippen LogP contribution in [0.25, 0.3) is 0 Å². The van der Waals surface area contributed by atoms with Crippen molar-refractivity contribution in [3.05, 3.63) is 0 Å². The summed E-state index contributed by atoms with van der Waals surface area (Å²) in [7, 11) is -4.00. The van der Waals surface area contributed by atoms with Gasteiger partial charge in [0.2, 0.25) is 0 Å². The first-order valence-corrected chi connectivity index (χ1v) is 5.86. The van der Waals surface area contributed by atoms with E-state index < -0.39 is 10.8 Å². The first kappa shape index (κ1) is 11.9. The van der Waals surface area contributed by atoms with Crippen LogP contribution in [-0.4, -0.2) is 16.8 Å². The number of nitrogens with two attached hydrogens (primary N) is 1. The summed E-state index contributed by atoms with van der Waals surface area (Å²) in [4.78, 5) is -0.0903. The average Bonchev–Trinajstić information content (AvgIpc) is 2.00. The van der Waals surface area contributed by atoms with Gasteiger partial charge in [0.1, 0.15) is 11.2 Å². The Balaban J connectivity index is 3.61. The molecule has 0 heterocycles. The minimum atomic E-state index is -4.00. The fourth-order valence-corrected chi connectivity index (χ4v) is 1.11. The Hall–Kier alpha value is 0.950. The molecule has 2 N–H and O–H groups in total. The molecule has 0 aromatic carbocycles. The van der Waals surface area contributed by atoms with Gasteiger partial charge in [0.05, 0.1) is 4.83 Å². The topological polar surface area (TPSA) is 81.5 Å². The molecular weight excluding hydrogens is 306 g/mol. The van der Waals surface area contributed by atoms with Crippen LogP contribution in [0.2, 0.25) is 0 Å². The van der Waals surface area contributed by atoms with Crippen molar-refractivity contribution in [2.45, 2.75) is 4.83 Å². The molecule has 5 nitrogen and oxygen atoms in total. The second-order valence-corrected chi connectivity index (χ2v) is 4.73.